The van der Waals surface area contributed by atoms with Crippen LogP contribution in [0.15, 0.2) is 35.6 Å². The number of para-hydroxylation sites is 1. The highest BCUT2D eigenvalue weighted by Gasteiger charge is 2.37. The molecule has 2 atom stereocenters. The van der Waals surface area contributed by atoms with E-state index in [1.807, 2.05) is 25.3 Å². The third-order valence-electron chi connectivity index (χ3n) is 4.78. The number of cyclic esters (lactones) is 1. The van der Waals surface area contributed by atoms with E-state index in [9.17, 15) is 4.79 Å². The highest BCUT2D eigenvalue weighted by molar-refractivity contribution is 8.00. The highest BCUT2D eigenvalue weighted by atomic mass is 32.2. The molecule has 1 aromatic carbocycles. The summed E-state index contributed by atoms with van der Waals surface area (Å²) in [5, 5.41) is 10.7. The van der Waals surface area contributed by atoms with Gasteiger partial charge in [0.25, 0.3) is 0 Å². The minimum absolute atomic E-state index is 0.0182. The Labute approximate surface area is 149 Å². The molecule has 2 aliphatic rings. The fraction of sp³-hybridized carbons (Fsp3) is 0.389. The Bertz CT molecular complexity index is 959. The summed E-state index contributed by atoms with van der Waals surface area (Å²) in [4.78, 5) is 15.3. The number of thioether (sulfide) groups is 1. The van der Waals surface area contributed by atoms with E-state index in [1.54, 1.807) is 0 Å². The number of ether oxygens (including phenoxy) is 1. The number of H-pyrrole nitrogens is 1. The first-order chi connectivity index (χ1) is 12.2. The summed E-state index contributed by atoms with van der Waals surface area (Å²) >= 11 is 1.49. The van der Waals surface area contributed by atoms with Gasteiger partial charge in [0.1, 0.15) is 11.4 Å². The molecule has 7 heteroatoms. The monoisotopic (exact) mass is 354 g/mol. The summed E-state index contributed by atoms with van der Waals surface area (Å²) < 4.78 is 7.48. The van der Waals surface area contributed by atoms with Gasteiger partial charge >= 0.3 is 5.97 Å². The maximum atomic E-state index is 12.0. The smallest absolute Gasteiger partial charge is 0.319 e. The molecule has 0 spiro atoms. The first-order valence-corrected chi connectivity index (χ1v) is 9.47. The number of fused-ring (bicyclic) bond motifs is 1. The van der Waals surface area contributed by atoms with Gasteiger partial charge in [-0.1, -0.05) is 30.0 Å². The van der Waals surface area contributed by atoms with Crippen LogP contribution in [0.4, 0.5) is 0 Å². The molecule has 2 fully saturated rings. The number of carbonyl (C=O) groups is 1. The Morgan fingerprint density at radius 2 is 2.12 bits per heavy atom. The van der Waals surface area contributed by atoms with Gasteiger partial charge in [0, 0.05) is 35.1 Å². The lowest BCUT2D eigenvalue weighted by molar-refractivity contribution is -0.140. The van der Waals surface area contributed by atoms with Crippen molar-refractivity contribution in [2.75, 3.05) is 0 Å². The van der Waals surface area contributed by atoms with Crippen LogP contribution >= 0.6 is 11.8 Å². The van der Waals surface area contributed by atoms with Crippen molar-refractivity contribution in [3.8, 4) is 11.4 Å². The van der Waals surface area contributed by atoms with Gasteiger partial charge in [-0.3, -0.25) is 9.36 Å². The van der Waals surface area contributed by atoms with Gasteiger partial charge in [0.15, 0.2) is 11.0 Å². The van der Waals surface area contributed by atoms with Crippen LogP contribution in [-0.4, -0.2) is 37.1 Å². The van der Waals surface area contributed by atoms with Crippen molar-refractivity contribution in [3.05, 3.63) is 30.5 Å². The molecule has 2 aromatic heterocycles. The summed E-state index contributed by atoms with van der Waals surface area (Å²) in [6, 6.07) is 8.62. The maximum Gasteiger partial charge on any atom is 0.319 e. The lowest BCUT2D eigenvalue weighted by atomic mass is 10.1. The lowest BCUT2D eigenvalue weighted by Gasteiger charge is -2.09. The van der Waals surface area contributed by atoms with Gasteiger partial charge in [-0.15, -0.1) is 10.2 Å². The van der Waals surface area contributed by atoms with Crippen LogP contribution in [0.25, 0.3) is 22.3 Å². The van der Waals surface area contributed by atoms with Gasteiger partial charge in [-0.05, 0) is 25.8 Å². The average Bonchev–Trinajstić information content (AvgIpc) is 3.08. The summed E-state index contributed by atoms with van der Waals surface area (Å²) in [6.07, 6.45) is 4.96. The molecule has 5 rings (SSSR count). The number of nitrogens with one attached hydrogen (secondary N) is 1. The fourth-order valence-electron chi connectivity index (χ4n) is 3.40. The SMILES string of the molecule is C[C@H]1C[C@H](Sc2nnc(-c3c[nH]c4ccccc34)n2C2CC2)C(=O)O1. The first-order valence-electron chi connectivity index (χ1n) is 8.59. The second kappa shape index (κ2) is 5.62. The number of benzene rings is 1. The van der Waals surface area contributed by atoms with E-state index in [4.69, 9.17) is 4.74 Å². The predicted octanol–water partition coefficient (Wildman–Crippen LogP) is 3.56. The topological polar surface area (TPSA) is 72.8 Å². The van der Waals surface area contributed by atoms with Crippen LogP contribution in [0.2, 0.25) is 0 Å². The van der Waals surface area contributed by atoms with E-state index in [0.29, 0.717) is 6.04 Å². The van der Waals surface area contributed by atoms with E-state index in [1.165, 1.54) is 11.8 Å². The number of hydrogen-bond donors (Lipinski definition) is 1. The van der Waals surface area contributed by atoms with Crippen molar-refractivity contribution in [2.24, 2.45) is 0 Å². The Morgan fingerprint density at radius 3 is 2.88 bits per heavy atom. The van der Waals surface area contributed by atoms with Crippen LogP contribution in [-0.2, 0) is 9.53 Å². The van der Waals surface area contributed by atoms with Crippen molar-refractivity contribution in [2.45, 2.75) is 48.7 Å². The second-order valence-electron chi connectivity index (χ2n) is 6.74. The molecule has 3 heterocycles. The maximum absolute atomic E-state index is 12.0. The Hall–Kier alpha value is -2.28. The molecule has 0 amide bonds. The minimum Gasteiger partial charge on any atom is -0.462 e. The van der Waals surface area contributed by atoms with Crippen LogP contribution in [0, 0.1) is 0 Å². The van der Waals surface area contributed by atoms with E-state index in [2.05, 4.69) is 31.9 Å². The van der Waals surface area contributed by atoms with Gasteiger partial charge in [0.05, 0.1) is 0 Å². The minimum atomic E-state index is -0.187. The Morgan fingerprint density at radius 1 is 1.28 bits per heavy atom. The molecule has 6 nitrogen and oxygen atoms in total. The molecule has 1 aliphatic carbocycles. The summed E-state index contributed by atoms with van der Waals surface area (Å²) in [6.45, 7) is 1.93. The average molecular weight is 354 g/mol. The summed E-state index contributed by atoms with van der Waals surface area (Å²) in [7, 11) is 0. The third-order valence-corrected chi connectivity index (χ3v) is 5.94. The summed E-state index contributed by atoms with van der Waals surface area (Å²) in [5.41, 5.74) is 2.15. The highest BCUT2D eigenvalue weighted by Crippen LogP contribution is 2.43. The second-order valence-corrected chi connectivity index (χ2v) is 7.91. The van der Waals surface area contributed by atoms with Gasteiger partial charge in [0.2, 0.25) is 0 Å². The normalized spacial score (nSPS) is 23.3. The molecule has 1 aliphatic heterocycles. The Kier molecular flexibility index (Phi) is 3.38. The van der Waals surface area contributed by atoms with Crippen LogP contribution < -0.4 is 0 Å². The molecule has 0 bridgehead atoms. The molecule has 128 valence electrons. The Balaban J connectivity index is 1.55. The molecular formula is C18H18N4O2S. The number of hydrogen-bond acceptors (Lipinski definition) is 5. The summed E-state index contributed by atoms with van der Waals surface area (Å²) in [5.74, 6) is 0.735. The van der Waals surface area contributed by atoms with Gasteiger partial charge in [-0.25, -0.2) is 0 Å². The third kappa shape index (κ3) is 2.54. The molecule has 0 unspecified atom stereocenters. The van der Waals surface area contributed by atoms with E-state index in [-0.39, 0.29) is 17.3 Å². The molecule has 25 heavy (non-hydrogen) atoms. The first kappa shape index (κ1) is 15.0. The standard InChI is InChI=1S/C18H18N4O2S/c1-10-8-15(17(23)24-10)25-18-21-20-16(22(18)11-6-7-11)13-9-19-14-5-3-2-4-12(13)14/h2-5,9-11,15,19H,6-8H2,1H3/t10-,15-/m0/s1. The van der Waals surface area contributed by atoms with Crippen LogP contribution in [0.3, 0.4) is 0 Å². The zero-order valence-electron chi connectivity index (χ0n) is 13.8. The van der Waals surface area contributed by atoms with Crippen molar-refractivity contribution in [1.82, 2.24) is 19.7 Å². The van der Waals surface area contributed by atoms with E-state index < -0.39 is 0 Å². The molecular weight excluding hydrogens is 336 g/mol. The van der Waals surface area contributed by atoms with Crippen molar-refractivity contribution < 1.29 is 9.53 Å². The fourth-order valence-corrected chi connectivity index (χ4v) is 4.61. The van der Waals surface area contributed by atoms with Crippen LogP contribution in [0.1, 0.15) is 32.2 Å². The largest absolute Gasteiger partial charge is 0.462 e. The molecule has 3 aromatic rings. The van der Waals surface area contributed by atoms with Crippen molar-refractivity contribution in [1.29, 1.82) is 0 Å². The number of carbonyl (C=O) groups excluding carboxylic acids is 1. The quantitative estimate of drug-likeness (QED) is 0.725. The van der Waals surface area contributed by atoms with E-state index in [0.717, 1.165) is 46.7 Å². The van der Waals surface area contributed by atoms with Gasteiger partial charge in [-0.2, -0.15) is 0 Å². The van der Waals surface area contributed by atoms with Crippen molar-refractivity contribution in [3.63, 3.8) is 0 Å². The molecule has 1 N–H and O–H groups in total. The lowest BCUT2D eigenvalue weighted by Crippen LogP contribution is -2.11. The van der Waals surface area contributed by atoms with E-state index >= 15 is 0 Å². The number of nitrogens with zero attached hydrogens (tertiary/aromatic N) is 3. The number of esters is 1. The molecule has 0 radical (unpaired) electrons. The number of rotatable bonds is 4. The zero-order valence-corrected chi connectivity index (χ0v) is 14.6. The predicted molar refractivity (Wildman–Crippen MR) is 95.4 cm³/mol. The van der Waals surface area contributed by atoms with Crippen molar-refractivity contribution >= 4 is 28.6 Å². The molecule has 1 saturated carbocycles. The molecule has 1 saturated heterocycles. The zero-order chi connectivity index (χ0) is 17.0. The number of aromatic amines is 1. The van der Waals surface area contributed by atoms with Gasteiger partial charge < -0.3 is 9.72 Å². The van der Waals surface area contributed by atoms with Crippen LogP contribution in [0.5, 0.6) is 0 Å². The number of aromatic nitrogens is 4.